The lowest BCUT2D eigenvalue weighted by atomic mass is 9.88. The molecule has 0 saturated carbocycles. The highest BCUT2D eigenvalue weighted by Crippen LogP contribution is 2.27. The highest BCUT2D eigenvalue weighted by atomic mass is 32.1. The molecule has 6 nitrogen and oxygen atoms in total. The highest BCUT2D eigenvalue weighted by Gasteiger charge is 2.16. The number of nitrogens with one attached hydrogen (secondary N) is 1. The molecule has 0 fully saturated rings. The number of hydrogen-bond donors (Lipinski definition) is 1. The van der Waals surface area contributed by atoms with E-state index in [9.17, 15) is 4.79 Å². The first-order valence-corrected chi connectivity index (χ1v) is 13.5. The maximum absolute atomic E-state index is 12.8. The van der Waals surface area contributed by atoms with Gasteiger partial charge in [0.15, 0.2) is 0 Å². The minimum Gasteiger partial charge on any atom is -0.383 e. The molecule has 0 saturated heterocycles. The topological polar surface area (TPSA) is 67.3 Å². The molecule has 4 aromatic rings. The molecule has 0 spiro atoms. The van der Waals surface area contributed by atoms with Gasteiger partial charge >= 0.3 is 0 Å². The van der Waals surface area contributed by atoms with Gasteiger partial charge in [0.05, 0.1) is 6.61 Å². The molecule has 0 atom stereocenters. The van der Waals surface area contributed by atoms with Gasteiger partial charge in [-0.3, -0.25) is 4.79 Å². The molecular weight excluding hydrogens is 480 g/mol. The lowest BCUT2D eigenvalue weighted by Crippen LogP contribution is -2.33. The Balaban J connectivity index is 1.30. The first-order chi connectivity index (χ1) is 18.2. The molecule has 3 aromatic carbocycles. The second kappa shape index (κ2) is 14.3. The number of carbonyl (C=O) groups is 1. The predicted octanol–water partition coefficient (Wildman–Crippen LogP) is 5.31. The SMILES string of the molecule is COCCN(CCC(=O)NCCC(c1ccccc1)c1ccccc1)c1nc(Cc2ccccc2)ns1. The predicted molar refractivity (Wildman–Crippen MR) is 150 cm³/mol. The Morgan fingerprint density at radius 2 is 1.54 bits per heavy atom. The number of anilines is 1. The van der Waals surface area contributed by atoms with Crippen LogP contribution in [0.4, 0.5) is 5.13 Å². The number of hydrogen-bond acceptors (Lipinski definition) is 6. The highest BCUT2D eigenvalue weighted by molar-refractivity contribution is 7.09. The van der Waals surface area contributed by atoms with Crippen LogP contribution in [0.3, 0.4) is 0 Å². The molecule has 0 unspecified atom stereocenters. The average Bonchev–Trinajstić information content (AvgIpc) is 3.41. The number of nitrogens with zero attached hydrogens (tertiary/aromatic N) is 3. The normalized spacial score (nSPS) is 11.0. The van der Waals surface area contributed by atoms with Crippen LogP contribution in [0.15, 0.2) is 91.0 Å². The van der Waals surface area contributed by atoms with Crippen LogP contribution in [0.5, 0.6) is 0 Å². The van der Waals surface area contributed by atoms with E-state index in [1.165, 1.54) is 28.2 Å². The van der Waals surface area contributed by atoms with Crippen LogP contribution in [0.25, 0.3) is 0 Å². The quantitative estimate of drug-likeness (QED) is 0.247. The molecule has 0 aliphatic carbocycles. The van der Waals surface area contributed by atoms with Gasteiger partial charge < -0.3 is 15.0 Å². The van der Waals surface area contributed by atoms with E-state index in [-0.39, 0.29) is 11.8 Å². The third-order valence-electron chi connectivity index (χ3n) is 6.27. The molecule has 192 valence electrons. The van der Waals surface area contributed by atoms with E-state index in [1.807, 2.05) is 30.3 Å². The summed E-state index contributed by atoms with van der Waals surface area (Å²) >= 11 is 1.37. The van der Waals surface area contributed by atoms with Gasteiger partial charge in [-0.25, -0.2) is 4.98 Å². The van der Waals surface area contributed by atoms with Crippen molar-refractivity contribution in [3.05, 3.63) is 114 Å². The summed E-state index contributed by atoms with van der Waals surface area (Å²) in [6.07, 6.45) is 1.92. The van der Waals surface area contributed by atoms with Crippen molar-refractivity contribution < 1.29 is 9.53 Å². The van der Waals surface area contributed by atoms with Crippen molar-refractivity contribution in [2.24, 2.45) is 0 Å². The summed E-state index contributed by atoms with van der Waals surface area (Å²) in [5.41, 5.74) is 3.70. The van der Waals surface area contributed by atoms with Crippen molar-refractivity contribution in [2.45, 2.75) is 25.2 Å². The van der Waals surface area contributed by atoms with Crippen molar-refractivity contribution in [1.29, 1.82) is 0 Å². The van der Waals surface area contributed by atoms with Gasteiger partial charge in [0.2, 0.25) is 11.0 Å². The summed E-state index contributed by atoms with van der Waals surface area (Å²) in [5, 5.41) is 3.95. The summed E-state index contributed by atoms with van der Waals surface area (Å²) in [7, 11) is 1.68. The molecule has 7 heteroatoms. The van der Waals surface area contributed by atoms with E-state index in [1.54, 1.807) is 7.11 Å². The number of rotatable bonds is 14. The van der Waals surface area contributed by atoms with Crippen molar-refractivity contribution >= 4 is 22.6 Å². The van der Waals surface area contributed by atoms with Crippen LogP contribution in [-0.2, 0) is 16.0 Å². The third kappa shape index (κ3) is 8.23. The van der Waals surface area contributed by atoms with Crippen LogP contribution >= 0.6 is 11.5 Å². The van der Waals surface area contributed by atoms with E-state index in [2.05, 4.69) is 75.3 Å². The first kappa shape index (κ1) is 26.5. The lowest BCUT2D eigenvalue weighted by Gasteiger charge is -2.21. The Morgan fingerprint density at radius 3 is 2.16 bits per heavy atom. The molecule has 4 rings (SSSR count). The molecule has 0 radical (unpaired) electrons. The largest absolute Gasteiger partial charge is 0.383 e. The number of amides is 1. The molecular formula is C30H34N4O2S. The van der Waals surface area contributed by atoms with E-state index in [0.29, 0.717) is 39.1 Å². The van der Waals surface area contributed by atoms with Gasteiger partial charge in [0, 0.05) is 57.0 Å². The minimum absolute atomic E-state index is 0.0383. The second-order valence-electron chi connectivity index (χ2n) is 8.90. The van der Waals surface area contributed by atoms with Crippen LogP contribution in [0.2, 0.25) is 0 Å². The molecule has 0 aliphatic heterocycles. The first-order valence-electron chi connectivity index (χ1n) is 12.7. The molecule has 37 heavy (non-hydrogen) atoms. The van der Waals surface area contributed by atoms with Crippen LogP contribution in [0.1, 0.15) is 41.3 Å². The average molecular weight is 515 g/mol. The van der Waals surface area contributed by atoms with Gasteiger partial charge in [0.1, 0.15) is 5.82 Å². The fraction of sp³-hybridized carbons (Fsp3) is 0.300. The van der Waals surface area contributed by atoms with E-state index in [0.717, 1.165) is 17.4 Å². The summed E-state index contributed by atoms with van der Waals surface area (Å²) in [4.78, 5) is 19.6. The standard InChI is InChI=1S/C30H34N4O2S/c1-36-22-21-34(30-32-28(33-37-30)23-24-11-5-2-6-12-24)20-18-29(35)31-19-17-27(25-13-7-3-8-14-25)26-15-9-4-10-16-26/h2-16,27H,17-23H2,1H3,(H,31,35). The molecule has 0 bridgehead atoms. The van der Waals surface area contributed by atoms with E-state index in [4.69, 9.17) is 9.72 Å². The van der Waals surface area contributed by atoms with Crippen molar-refractivity contribution in [3.8, 4) is 0 Å². The number of aromatic nitrogens is 2. The van der Waals surface area contributed by atoms with Crippen LogP contribution < -0.4 is 10.2 Å². The van der Waals surface area contributed by atoms with Crippen molar-refractivity contribution in [1.82, 2.24) is 14.7 Å². The summed E-state index contributed by atoms with van der Waals surface area (Å²) in [5.74, 6) is 1.08. The Kier molecular flexibility index (Phi) is 10.2. The minimum atomic E-state index is 0.0383. The van der Waals surface area contributed by atoms with Gasteiger partial charge in [-0.15, -0.1) is 0 Å². The number of benzene rings is 3. The Hall–Kier alpha value is -3.55. The molecule has 1 aromatic heterocycles. The van der Waals surface area contributed by atoms with Gasteiger partial charge in [-0.1, -0.05) is 91.0 Å². The maximum atomic E-state index is 12.8. The van der Waals surface area contributed by atoms with Crippen LogP contribution in [0, 0.1) is 0 Å². The Bertz CT molecular complexity index is 1160. The lowest BCUT2D eigenvalue weighted by molar-refractivity contribution is -0.120. The van der Waals surface area contributed by atoms with Crippen molar-refractivity contribution in [3.63, 3.8) is 0 Å². The van der Waals surface area contributed by atoms with Gasteiger partial charge in [-0.2, -0.15) is 4.37 Å². The third-order valence-corrected chi connectivity index (χ3v) is 7.08. The zero-order valence-electron chi connectivity index (χ0n) is 21.3. The monoisotopic (exact) mass is 514 g/mol. The molecule has 1 N–H and O–H groups in total. The fourth-order valence-electron chi connectivity index (χ4n) is 4.31. The molecule has 1 heterocycles. The zero-order chi connectivity index (χ0) is 25.7. The van der Waals surface area contributed by atoms with Gasteiger partial charge in [-0.05, 0) is 23.1 Å². The van der Waals surface area contributed by atoms with E-state index < -0.39 is 0 Å². The Morgan fingerprint density at radius 1 is 0.919 bits per heavy atom. The summed E-state index contributed by atoms with van der Waals surface area (Å²) < 4.78 is 9.83. The second-order valence-corrected chi connectivity index (χ2v) is 9.63. The number of carbonyl (C=O) groups excluding carboxylic acids is 1. The Labute approximate surface area is 223 Å². The fourth-order valence-corrected chi connectivity index (χ4v) is 5.04. The smallest absolute Gasteiger partial charge is 0.221 e. The maximum Gasteiger partial charge on any atom is 0.221 e. The molecule has 0 aliphatic rings. The summed E-state index contributed by atoms with van der Waals surface area (Å²) in [6, 6.07) is 31.2. The van der Waals surface area contributed by atoms with Gasteiger partial charge in [0.25, 0.3) is 0 Å². The number of ether oxygens (including phenoxy) is 1. The van der Waals surface area contributed by atoms with Crippen LogP contribution in [-0.4, -0.2) is 48.6 Å². The van der Waals surface area contributed by atoms with E-state index >= 15 is 0 Å². The summed E-state index contributed by atoms with van der Waals surface area (Å²) in [6.45, 7) is 2.40. The van der Waals surface area contributed by atoms with Crippen molar-refractivity contribution in [2.75, 3.05) is 38.3 Å². The molecule has 1 amide bonds. The number of methoxy groups -OCH3 is 1. The zero-order valence-corrected chi connectivity index (χ0v) is 22.1.